The Hall–Kier alpha value is -3.79. The molecule has 0 radical (unpaired) electrons. The predicted octanol–water partition coefficient (Wildman–Crippen LogP) is 4.27. The van der Waals surface area contributed by atoms with Gasteiger partial charge < -0.3 is 24.1 Å². The second-order valence-corrected chi connectivity index (χ2v) is 8.47. The van der Waals surface area contributed by atoms with Crippen LogP contribution >= 0.6 is 0 Å². The maximum Gasteiger partial charge on any atom is 0.266 e. The molecule has 1 unspecified atom stereocenters. The van der Waals surface area contributed by atoms with Crippen LogP contribution < -0.4 is 4.74 Å². The SMILES string of the molecule is COc1cc(C=C2CCCN3C2=NOC3(CO)c2c(F)cc(F)cc2F)ccc1-n1cnc(C)c1. The number of ether oxygens (including phenoxy) is 1. The zero-order chi connectivity index (χ0) is 24.7. The van der Waals surface area contributed by atoms with Crippen molar-refractivity contribution in [3.8, 4) is 11.4 Å². The van der Waals surface area contributed by atoms with Crippen LogP contribution in [0.15, 0.2) is 53.6 Å². The van der Waals surface area contributed by atoms with Crippen molar-refractivity contribution < 1.29 is 27.9 Å². The van der Waals surface area contributed by atoms with Gasteiger partial charge in [-0.15, -0.1) is 0 Å². The summed E-state index contributed by atoms with van der Waals surface area (Å²) in [7, 11) is 1.58. The van der Waals surface area contributed by atoms with Gasteiger partial charge in [-0.1, -0.05) is 11.2 Å². The molecule has 1 saturated heterocycles. The molecule has 3 aromatic rings. The number of aromatic nitrogens is 2. The molecule has 1 atom stereocenters. The van der Waals surface area contributed by atoms with Crippen molar-refractivity contribution in [2.45, 2.75) is 25.5 Å². The van der Waals surface area contributed by atoms with Crippen molar-refractivity contribution in [3.63, 3.8) is 0 Å². The highest BCUT2D eigenvalue weighted by Crippen LogP contribution is 2.42. The lowest BCUT2D eigenvalue weighted by molar-refractivity contribution is -0.141. The topological polar surface area (TPSA) is 72.1 Å². The van der Waals surface area contributed by atoms with Crippen molar-refractivity contribution in [2.75, 3.05) is 20.3 Å². The molecule has 10 heteroatoms. The maximum absolute atomic E-state index is 14.7. The lowest BCUT2D eigenvalue weighted by Crippen LogP contribution is -2.52. The number of piperidine rings is 1. The first-order valence-corrected chi connectivity index (χ1v) is 11.1. The van der Waals surface area contributed by atoms with E-state index in [9.17, 15) is 18.3 Å². The number of aliphatic hydroxyl groups is 1. The Balaban J connectivity index is 1.50. The van der Waals surface area contributed by atoms with Gasteiger partial charge in [0.2, 0.25) is 0 Å². The molecule has 2 aliphatic heterocycles. The molecule has 1 N–H and O–H groups in total. The van der Waals surface area contributed by atoms with E-state index in [4.69, 9.17) is 9.57 Å². The van der Waals surface area contributed by atoms with E-state index in [2.05, 4.69) is 10.1 Å². The van der Waals surface area contributed by atoms with Crippen molar-refractivity contribution in [1.29, 1.82) is 0 Å². The van der Waals surface area contributed by atoms with E-state index >= 15 is 0 Å². The van der Waals surface area contributed by atoms with Gasteiger partial charge in [0.25, 0.3) is 5.72 Å². The number of nitrogens with zero attached hydrogens (tertiary/aromatic N) is 4. The van der Waals surface area contributed by atoms with Crippen LogP contribution in [0.1, 0.15) is 29.7 Å². The van der Waals surface area contributed by atoms with Gasteiger partial charge in [-0.2, -0.15) is 0 Å². The third-order valence-electron chi connectivity index (χ3n) is 6.24. The molecule has 1 fully saturated rings. The minimum Gasteiger partial charge on any atom is -0.495 e. The summed E-state index contributed by atoms with van der Waals surface area (Å²) in [4.78, 5) is 11.3. The number of hydrogen-bond donors (Lipinski definition) is 1. The normalized spacial score (nSPS) is 20.6. The summed E-state index contributed by atoms with van der Waals surface area (Å²) in [5.41, 5.74) is 0.788. The number of fused-ring (bicyclic) bond motifs is 1. The van der Waals surface area contributed by atoms with Crippen LogP contribution in [-0.2, 0) is 10.6 Å². The fourth-order valence-corrected chi connectivity index (χ4v) is 4.62. The van der Waals surface area contributed by atoms with E-state index < -0.39 is 35.3 Å². The summed E-state index contributed by atoms with van der Waals surface area (Å²) in [6.07, 6.45) is 6.76. The number of rotatable bonds is 5. The van der Waals surface area contributed by atoms with Crippen LogP contribution in [0.4, 0.5) is 13.2 Å². The number of methoxy groups -OCH3 is 1. The lowest BCUT2D eigenvalue weighted by Gasteiger charge is -2.39. The fourth-order valence-electron chi connectivity index (χ4n) is 4.62. The molecule has 0 bridgehead atoms. The van der Waals surface area contributed by atoms with Crippen molar-refractivity contribution in [3.05, 3.63) is 82.7 Å². The van der Waals surface area contributed by atoms with Crippen molar-refractivity contribution >= 4 is 11.9 Å². The largest absolute Gasteiger partial charge is 0.495 e. The number of hydrogen-bond acceptors (Lipinski definition) is 6. The molecule has 2 aliphatic rings. The fraction of sp³-hybridized carbons (Fsp3) is 0.280. The zero-order valence-electron chi connectivity index (χ0n) is 19.1. The Morgan fingerprint density at radius 3 is 2.63 bits per heavy atom. The molecule has 2 aromatic carbocycles. The molecule has 0 amide bonds. The van der Waals surface area contributed by atoms with Crippen molar-refractivity contribution in [1.82, 2.24) is 14.5 Å². The van der Waals surface area contributed by atoms with E-state index in [0.717, 1.165) is 22.5 Å². The number of amidine groups is 1. The van der Waals surface area contributed by atoms with Crippen LogP contribution in [-0.4, -0.2) is 45.7 Å². The Kier molecular flexibility index (Phi) is 5.76. The summed E-state index contributed by atoms with van der Waals surface area (Å²) < 4.78 is 50.3. The van der Waals surface area contributed by atoms with Gasteiger partial charge in [-0.05, 0) is 49.1 Å². The van der Waals surface area contributed by atoms with Gasteiger partial charge in [0.1, 0.15) is 29.8 Å². The van der Waals surface area contributed by atoms with Gasteiger partial charge in [-0.3, -0.25) is 0 Å². The Morgan fingerprint density at radius 2 is 1.97 bits per heavy atom. The van der Waals surface area contributed by atoms with Crippen LogP contribution in [0.25, 0.3) is 11.8 Å². The molecule has 182 valence electrons. The predicted molar refractivity (Wildman–Crippen MR) is 122 cm³/mol. The van der Waals surface area contributed by atoms with Gasteiger partial charge in [-0.25, -0.2) is 18.2 Å². The highest BCUT2D eigenvalue weighted by atomic mass is 19.1. The van der Waals surface area contributed by atoms with E-state index in [1.165, 1.54) is 4.90 Å². The minimum atomic E-state index is -1.92. The first-order chi connectivity index (χ1) is 16.9. The number of oxime groups is 1. The third kappa shape index (κ3) is 3.83. The van der Waals surface area contributed by atoms with Gasteiger partial charge in [0.05, 0.1) is 30.4 Å². The number of halogens is 3. The van der Waals surface area contributed by atoms with Gasteiger partial charge in [0, 0.05) is 24.9 Å². The lowest BCUT2D eigenvalue weighted by atomic mass is 9.94. The van der Waals surface area contributed by atoms with Gasteiger partial charge in [0.15, 0.2) is 5.84 Å². The molecule has 0 spiro atoms. The monoisotopic (exact) mass is 484 g/mol. The average molecular weight is 484 g/mol. The average Bonchev–Trinajstić information content (AvgIpc) is 3.43. The molecule has 7 nitrogen and oxygen atoms in total. The summed E-state index contributed by atoms with van der Waals surface area (Å²) in [6, 6.07) is 6.81. The first kappa shape index (κ1) is 23.0. The first-order valence-electron chi connectivity index (χ1n) is 11.1. The Bertz CT molecular complexity index is 1330. The zero-order valence-corrected chi connectivity index (χ0v) is 19.1. The second kappa shape index (κ2) is 8.77. The van der Waals surface area contributed by atoms with Crippen LogP contribution in [0.3, 0.4) is 0 Å². The van der Waals surface area contributed by atoms with Crippen LogP contribution in [0.5, 0.6) is 5.75 Å². The van der Waals surface area contributed by atoms with E-state index in [-0.39, 0.29) is 0 Å². The molecule has 1 aromatic heterocycles. The van der Waals surface area contributed by atoms with E-state index in [1.807, 2.05) is 42.0 Å². The summed E-state index contributed by atoms with van der Waals surface area (Å²) in [5.74, 6) is -2.37. The van der Waals surface area contributed by atoms with Crippen LogP contribution in [0.2, 0.25) is 0 Å². The molecule has 3 heterocycles. The smallest absolute Gasteiger partial charge is 0.266 e. The highest BCUT2D eigenvalue weighted by molar-refractivity contribution is 6.03. The molecule has 0 saturated carbocycles. The number of aliphatic hydroxyl groups excluding tert-OH is 1. The Labute approximate surface area is 199 Å². The number of benzene rings is 2. The molecule has 0 aliphatic carbocycles. The molecule has 5 rings (SSSR count). The van der Waals surface area contributed by atoms with Crippen LogP contribution in [0, 0.1) is 24.4 Å². The summed E-state index contributed by atoms with van der Waals surface area (Å²) >= 11 is 0. The molecule has 35 heavy (non-hydrogen) atoms. The van der Waals surface area contributed by atoms with Gasteiger partial charge >= 0.3 is 0 Å². The van der Waals surface area contributed by atoms with E-state index in [0.29, 0.717) is 43.1 Å². The molecular weight excluding hydrogens is 461 g/mol. The third-order valence-corrected chi connectivity index (χ3v) is 6.24. The van der Waals surface area contributed by atoms with E-state index in [1.54, 1.807) is 13.4 Å². The summed E-state index contributed by atoms with van der Waals surface area (Å²) in [5, 5.41) is 14.3. The highest BCUT2D eigenvalue weighted by Gasteiger charge is 2.52. The second-order valence-electron chi connectivity index (χ2n) is 8.47. The summed E-state index contributed by atoms with van der Waals surface area (Å²) in [6.45, 7) is 1.46. The number of aryl methyl sites for hydroxylation is 1. The number of imidazole rings is 1. The minimum absolute atomic E-state index is 0.342. The standard InChI is InChI=1S/C25H23F3N4O3/c1-15-12-31(14-29-15)21-6-5-16(9-22(21)34-2)8-17-4-3-7-32-24(17)30-35-25(32,13-33)23-19(27)10-18(26)11-20(23)28/h5-6,8-12,14,33H,3-4,7,13H2,1-2H3. The van der Waals surface area contributed by atoms with Crippen molar-refractivity contribution in [2.24, 2.45) is 5.16 Å². The quantitative estimate of drug-likeness (QED) is 0.586. The maximum atomic E-state index is 14.7. The Morgan fingerprint density at radius 1 is 1.20 bits per heavy atom. The molecular formula is C25H23F3N4O3.